The van der Waals surface area contributed by atoms with Crippen LogP contribution < -0.4 is 0 Å². The van der Waals surface area contributed by atoms with Gasteiger partial charge in [0.25, 0.3) is 0 Å². The number of halogens is 1. The van der Waals surface area contributed by atoms with E-state index in [0.29, 0.717) is 26.2 Å². The molecular formula is C27H41ClN2O3. The molecule has 1 heterocycles. The largest absolute Gasteiger partial charge is 0.466 e. The van der Waals surface area contributed by atoms with E-state index in [9.17, 15) is 4.79 Å². The zero-order valence-corrected chi connectivity index (χ0v) is 21.2. The molecule has 0 saturated carbocycles. The number of nitrogens with zero attached hydrogens (tertiary/aromatic N) is 2. The highest BCUT2D eigenvalue weighted by atomic mass is 35.5. The Morgan fingerprint density at radius 2 is 1.76 bits per heavy atom. The van der Waals surface area contributed by atoms with Crippen LogP contribution in [0.5, 0.6) is 0 Å². The van der Waals surface area contributed by atoms with Crippen molar-refractivity contribution in [1.29, 1.82) is 0 Å². The Morgan fingerprint density at radius 3 is 2.48 bits per heavy atom. The number of imidazole rings is 1. The van der Waals surface area contributed by atoms with Crippen LogP contribution in [0.15, 0.2) is 36.9 Å². The number of aryl methyl sites for hydroxylation is 1. The molecule has 0 saturated heterocycles. The van der Waals surface area contributed by atoms with Crippen LogP contribution in [-0.2, 0) is 20.8 Å². The van der Waals surface area contributed by atoms with E-state index in [-0.39, 0.29) is 12.1 Å². The van der Waals surface area contributed by atoms with Crippen LogP contribution in [0.2, 0.25) is 5.02 Å². The Morgan fingerprint density at radius 1 is 1.03 bits per heavy atom. The Balaban J connectivity index is 1.58. The topological polar surface area (TPSA) is 53.4 Å². The minimum absolute atomic E-state index is 0.0499. The molecule has 1 aromatic heterocycles. The van der Waals surface area contributed by atoms with Crippen molar-refractivity contribution < 1.29 is 14.3 Å². The molecule has 0 radical (unpaired) electrons. The second kappa shape index (κ2) is 16.7. The van der Waals surface area contributed by atoms with Crippen molar-refractivity contribution in [2.45, 2.75) is 97.1 Å². The molecule has 0 bridgehead atoms. The molecule has 1 unspecified atom stereocenters. The van der Waals surface area contributed by atoms with E-state index in [0.717, 1.165) is 61.1 Å². The summed E-state index contributed by atoms with van der Waals surface area (Å²) in [5.74, 6) is -0.0499. The Bertz CT molecular complexity index is 780. The summed E-state index contributed by atoms with van der Waals surface area (Å²) < 4.78 is 13.6. The third kappa shape index (κ3) is 11.7. The zero-order valence-electron chi connectivity index (χ0n) is 20.4. The van der Waals surface area contributed by atoms with Crippen LogP contribution in [0.25, 0.3) is 0 Å². The highest BCUT2D eigenvalue weighted by molar-refractivity contribution is 6.31. The number of aromatic nitrogens is 2. The quantitative estimate of drug-likeness (QED) is 0.165. The van der Waals surface area contributed by atoms with Crippen molar-refractivity contribution in [3.8, 4) is 0 Å². The second-order valence-corrected chi connectivity index (χ2v) is 9.20. The molecule has 0 aliphatic carbocycles. The van der Waals surface area contributed by atoms with Gasteiger partial charge in [0.15, 0.2) is 0 Å². The lowest BCUT2D eigenvalue weighted by molar-refractivity contribution is -0.143. The fourth-order valence-corrected chi connectivity index (χ4v) is 4.17. The van der Waals surface area contributed by atoms with Gasteiger partial charge < -0.3 is 14.0 Å². The molecule has 5 nitrogen and oxygen atoms in total. The van der Waals surface area contributed by atoms with E-state index in [1.165, 1.54) is 19.3 Å². The molecule has 2 aromatic rings. The lowest BCUT2D eigenvalue weighted by Crippen LogP contribution is -2.13. The van der Waals surface area contributed by atoms with Crippen molar-refractivity contribution in [3.63, 3.8) is 0 Å². The maximum Gasteiger partial charge on any atom is 0.305 e. The zero-order chi connectivity index (χ0) is 23.7. The lowest BCUT2D eigenvalue weighted by atomic mass is 10.1. The number of hydrogen-bond acceptors (Lipinski definition) is 4. The van der Waals surface area contributed by atoms with Crippen LogP contribution >= 0.6 is 11.6 Å². The summed E-state index contributed by atoms with van der Waals surface area (Å²) in [5, 5.41) is 0.743. The summed E-state index contributed by atoms with van der Waals surface area (Å²) >= 11 is 6.50. The van der Waals surface area contributed by atoms with Crippen LogP contribution in [0.4, 0.5) is 0 Å². The molecule has 0 fully saturated rings. The maximum atomic E-state index is 11.8. The smallest absolute Gasteiger partial charge is 0.305 e. The molecule has 184 valence electrons. The van der Waals surface area contributed by atoms with E-state index in [4.69, 9.17) is 21.1 Å². The van der Waals surface area contributed by atoms with Crippen molar-refractivity contribution in [1.82, 2.24) is 9.55 Å². The van der Waals surface area contributed by atoms with Crippen molar-refractivity contribution in [2.24, 2.45) is 0 Å². The summed E-state index contributed by atoms with van der Waals surface area (Å²) in [5.41, 5.74) is 2.15. The molecule has 6 heteroatoms. The van der Waals surface area contributed by atoms with Gasteiger partial charge in [-0.2, -0.15) is 0 Å². The third-order valence-corrected chi connectivity index (χ3v) is 6.12. The third-order valence-electron chi connectivity index (χ3n) is 5.79. The molecule has 0 aliphatic rings. The molecule has 0 N–H and O–H groups in total. The van der Waals surface area contributed by atoms with Crippen LogP contribution in [-0.4, -0.2) is 28.7 Å². The number of hydrogen-bond donors (Lipinski definition) is 0. The van der Waals surface area contributed by atoms with Gasteiger partial charge in [0.05, 0.1) is 19.5 Å². The average molecular weight is 477 g/mol. The standard InChI is InChI=1S/C27H41ClN2O3/c1-3-4-5-8-12-19-33-27(31)13-10-7-6-9-11-18-32-26(21-30-17-16-29-22-30)24-15-14-23(2)20-25(24)28/h14-17,20,22,26H,3-13,18-19,21H2,1-2H3. The second-order valence-electron chi connectivity index (χ2n) is 8.80. The summed E-state index contributed by atoms with van der Waals surface area (Å²) in [6.07, 6.45) is 17.0. The number of carbonyl (C=O) groups excluding carboxylic acids is 1. The molecule has 0 spiro atoms. The summed E-state index contributed by atoms with van der Waals surface area (Å²) in [6.45, 7) is 6.18. The van der Waals surface area contributed by atoms with Crippen molar-refractivity contribution >= 4 is 17.6 Å². The number of benzene rings is 1. The van der Waals surface area contributed by atoms with Crippen LogP contribution in [0.1, 0.15) is 94.8 Å². The van der Waals surface area contributed by atoms with Gasteiger partial charge in [-0.15, -0.1) is 0 Å². The van der Waals surface area contributed by atoms with E-state index < -0.39 is 0 Å². The van der Waals surface area contributed by atoms with Gasteiger partial charge >= 0.3 is 5.97 Å². The number of rotatable bonds is 18. The van der Waals surface area contributed by atoms with Gasteiger partial charge in [-0.3, -0.25) is 4.79 Å². The first-order valence-electron chi connectivity index (χ1n) is 12.6. The van der Waals surface area contributed by atoms with Gasteiger partial charge in [-0.1, -0.05) is 75.6 Å². The van der Waals surface area contributed by atoms with Gasteiger partial charge in [-0.25, -0.2) is 4.98 Å². The Hall–Kier alpha value is -1.85. The summed E-state index contributed by atoms with van der Waals surface area (Å²) in [4.78, 5) is 15.9. The van der Waals surface area contributed by atoms with Crippen molar-refractivity contribution in [3.05, 3.63) is 53.1 Å². The lowest BCUT2D eigenvalue weighted by Gasteiger charge is -2.20. The first kappa shape index (κ1) is 27.4. The van der Waals surface area contributed by atoms with Gasteiger partial charge in [0, 0.05) is 36.0 Å². The Labute approximate surface area is 204 Å². The first-order chi connectivity index (χ1) is 16.1. The molecule has 1 atom stereocenters. The molecule has 0 aliphatic heterocycles. The highest BCUT2D eigenvalue weighted by Crippen LogP contribution is 2.28. The van der Waals surface area contributed by atoms with E-state index in [1.54, 1.807) is 12.5 Å². The number of ether oxygens (including phenoxy) is 2. The monoisotopic (exact) mass is 476 g/mol. The fraction of sp³-hybridized carbons (Fsp3) is 0.630. The Kier molecular flexibility index (Phi) is 13.9. The van der Waals surface area contributed by atoms with E-state index in [1.807, 2.05) is 23.8 Å². The van der Waals surface area contributed by atoms with Gasteiger partial charge in [0.2, 0.25) is 0 Å². The van der Waals surface area contributed by atoms with Gasteiger partial charge in [0.1, 0.15) is 6.10 Å². The minimum Gasteiger partial charge on any atom is -0.466 e. The molecule has 1 aromatic carbocycles. The van der Waals surface area contributed by atoms with Crippen LogP contribution in [0.3, 0.4) is 0 Å². The number of unbranched alkanes of at least 4 members (excludes halogenated alkanes) is 8. The minimum atomic E-state index is -0.107. The fourth-order valence-electron chi connectivity index (χ4n) is 3.81. The summed E-state index contributed by atoms with van der Waals surface area (Å²) in [6, 6.07) is 6.12. The normalized spacial score (nSPS) is 12.1. The predicted molar refractivity (Wildman–Crippen MR) is 135 cm³/mol. The average Bonchev–Trinajstić information content (AvgIpc) is 3.30. The predicted octanol–water partition coefficient (Wildman–Crippen LogP) is 7.46. The van der Waals surface area contributed by atoms with Crippen molar-refractivity contribution in [2.75, 3.05) is 13.2 Å². The molecule has 33 heavy (non-hydrogen) atoms. The molecular weight excluding hydrogens is 436 g/mol. The molecule has 0 amide bonds. The maximum absolute atomic E-state index is 11.8. The number of esters is 1. The van der Waals surface area contributed by atoms with E-state index in [2.05, 4.69) is 24.0 Å². The highest BCUT2D eigenvalue weighted by Gasteiger charge is 2.16. The van der Waals surface area contributed by atoms with E-state index >= 15 is 0 Å². The molecule has 2 rings (SSSR count). The first-order valence-corrected chi connectivity index (χ1v) is 13.0. The number of carbonyl (C=O) groups is 1. The summed E-state index contributed by atoms with van der Waals surface area (Å²) in [7, 11) is 0. The van der Waals surface area contributed by atoms with Gasteiger partial charge in [-0.05, 0) is 37.8 Å². The SMILES string of the molecule is CCCCCCCOC(=O)CCCCCCCOC(Cn1ccnc1)c1ccc(C)cc1Cl. The van der Waals surface area contributed by atoms with Crippen LogP contribution in [0, 0.1) is 6.92 Å².